The normalized spacial score (nSPS) is 21.1. The van der Waals surface area contributed by atoms with Crippen molar-refractivity contribution in [2.75, 3.05) is 33.8 Å². The number of esters is 1. The van der Waals surface area contributed by atoms with Gasteiger partial charge in [0, 0.05) is 12.6 Å². The Balaban J connectivity index is 2.47. The minimum atomic E-state index is -0.549. The number of piperidine rings is 1. The quantitative estimate of drug-likeness (QED) is 0.665. The molecule has 0 aliphatic carbocycles. The fraction of sp³-hybridized carbons (Fsp3) is 0.867. The number of carbonyl (C=O) groups is 2. The molecule has 21 heavy (non-hydrogen) atoms. The molecule has 6 nitrogen and oxygen atoms in total. The highest BCUT2D eigenvalue weighted by atomic mass is 16.5. The van der Waals surface area contributed by atoms with Crippen molar-refractivity contribution in [2.45, 2.75) is 45.2 Å². The molecule has 2 N–H and O–H groups in total. The SMILES string of the molecule is CNC1CCCN(CC(=O)NC(CC(C)C)C(=O)OC)C1. The van der Waals surface area contributed by atoms with Crippen molar-refractivity contribution in [2.24, 2.45) is 5.92 Å². The summed E-state index contributed by atoms with van der Waals surface area (Å²) in [6.45, 7) is 6.17. The molecule has 1 heterocycles. The van der Waals surface area contributed by atoms with E-state index in [4.69, 9.17) is 4.74 Å². The van der Waals surface area contributed by atoms with Crippen molar-refractivity contribution >= 4 is 11.9 Å². The standard InChI is InChI=1S/C15H29N3O3/c1-11(2)8-13(15(20)21-4)17-14(19)10-18-7-5-6-12(9-18)16-3/h11-13,16H,5-10H2,1-4H3,(H,17,19). The van der Waals surface area contributed by atoms with Crippen LogP contribution in [0.25, 0.3) is 0 Å². The van der Waals surface area contributed by atoms with Crippen LogP contribution in [0.1, 0.15) is 33.1 Å². The molecular weight excluding hydrogens is 270 g/mol. The molecule has 0 spiro atoms. The van der Waals surface area contributed by atoms with Gasteiger partial charge in [0.1, 0.15) is 6.04 Å². The van der Waals surface area contributed by atoms with Gasteiger partial charge < -0.3 is 15.4 Å². The lowest BCUT2D eigenvalue weighted by molar-refractivity contribution is -0.145. The third kappa shape index (κ3) is 6.44. The fourth-order valence-electron chi connectivity index (χ4n) is 2.71. The number of carbonyl (C=O) groups excluding carboxylic acids is 2. The van der Waals surface area contributed by atoms with E-state index in [0.717, 1.165) is 25.9 Å². The van der Waals surface area contributed by atoms with Crippen LogP contribution in [0, 0.1) is 5.92 Å². The number of likely N-dealkylation sites (tertiary alicyclic amines) is 1. The highest BCUT2D eigenvalue weighted by Gasteiger charge is 2.25. The van der Waals surface area contributed by atoms with Gasteiger partial charge in [-0.25, -0.2) is 4.79 Å². The Morgan fingerprint density at radius 1 is 1.38 bits per heavy atom. The van der Waals surface area contributed by atoms with Crippen LogP contribution < -0.4 is 10.6 Å². The molecule has 0 aromatic rings. The number of likely N-dealkylation sites (N-methyl/N-ethyl adjacent to an activating group) is 1. The van der Waals surface area contributed by atoms with Crippen molar-refractivity contribution in [3.05, 3.63) is 0 Å². The number of nitrogens with one attached hydrogen (secondary N) is 2. The van der Waals surface area contributed by atoms with Crippen molar-refractivity contribution in [1.82, 2.24) is 15.5 Å². The predicted octanol–water partition coefficient (Wildman–Crippen LogP) is 0.374. The zero-order valence-electron chi connectivity index (χ0n) is 13.6. The molecule has 1 rings (SSSR count). The van der Waals surface area contributed by atoms with Gasteiger partial charge in [-0.15, -0.1) is 0 Å². The third-order valence-corrected chi connectivity index (χ3v) is 3.81. The number of hydrogen-bond acceptors (Lipinski definition) is 5. The Kier molecular flexibility index (Phi) is 7.67. The smallest absolute Gasteiger partial charge is 0.328 e. The van der Waals surface area contributed by atoms with Gasteiger partial charge in [0.2, 0.25) is 5.91 Å². The molecule has 0 saturated carbocycles. The molecule has 122 valence electrons. The summed E-state index contributed by atoms with van der Waals surface area (Å²) in [6, 6.07) is -0.106. The van der Waals surface area contributed by atoms with E-state index >= 15 is 0 Å². The molecular formula is C15H29N3O3. The van der Waals surface area contributed by atoms with Gasteiger partial charge in [0.25, 0.3) is 0 Å². The molecule has 2 unspecified atom stereocenters. The van der Waals surface area contributed by atoms with Crippen LogP contribution >= 0.6 is 0 Å². The first kappa shape index (κ1) is 17.9. The summed E-state index contributed by atoms with van der Waals surface area (Å²) in [7, 11) is 3.30. The Hall–Kier alpha value is -1.14. The maximum Gasteiger partial charge on any atom is 0.328 e. The van der Waals surface area contributed by atoms with Gasteiger partial charge in [-0.2, -0.15) is 0 Å². The van der Waals surface area contributed by atoms with Crippen LogP contribution in [0.5, 0.6) is 0 Å². The molecule has 1 saturated heterocycles. The van der Waals surface area contributed by atoms with E-state index in [0.29, 0.717) is 24.9 Å². The number of rotatable bonds is 7. The van der Waals surface area contributed by atoms with Crippen molar-refractivity contribution in [3.8, 4) is 0 Å². The number of hydrogen-bond donors (Lipinski definition) is 2. The zero-order valence-corrected chi connectivity index (χ0v) is 13.6. The first-order valence-electron chi connectivity index (χ1n) is 7.73. The molecule has 1 aliphatic heterocycles. The van der Waals surface area contributed by atoms with Crippen LogP contribution in [-0.4, -0.2) is 62.7 Å². The third-order valence-electron chi connectivity index (χ3n) is 3.81. The minimum Gasteiger partial charge on any atom is -0.467 e. The van der Waals surface area contributed by atoms with Crippen LogP contribution in [0.3, 0.4) is 0 Å². The number of ether oxygens (including phenoxy) is 1. The van der Waals surface area contributed by atoms with Gasteiger partial charge >= 0.3 is 5.97 Å². The molecule has 6 heteroatoms. The van der Waals surface area contributed by atoms with Crippen molar-refractivity contribution in [1.29, 1.82) is 0 Å². The second kappa shape index (κ2) is 9.00. The highest BCUT2D eigenvalue weighted by Crippen LogP contribution is 2.10. The number of methoxy groups -OCH3 is 1. The first-order valence-corrected chi connectivity index (χ1v) is 7.73. The summed E-state index contributed by atoms with van der Waals surface area (Å²) in [6.07, 6.45) is 2.83. The molecule has 2 atom stereocenters. The second-order valence-corrected chi connectivity index (χ2v) is 6.14. The zero-order chi connectivity index (χ0) is 15.8. The maximum absolute atomic E-state index is 12.1. The lowest BCUT2D eigenvalue weighted by Crippen LogP contribution is -2.50. The van der Waals surface area contributed by atoms with Crippen molar-refractivity contribution < 1.29 is 14.3 Å². The highest BCUT2D eigenvalue weighted by molar-refractivity contribution is 5.85. The predicted molar refractivity (Wildman–Crippen MR) is 81.9 cm³/mol. The molecule has 0 aromatic heterocycles. The summed E-state index contributed by atoms with van der Waals surface area (Å²) < 4.78 is 4.76. The van der Waals surface area contributed by atoms with Crippen molar-refractivity contribution in [3.63, 3.8) is 0 Å². The largest absolute Gasteiger partial charge is 0.467 e. The van der Waals surface area contributed by atoms with Crippen LogP contribution in [0.4, 0.5) is 0 Å². The van der Waals surface area contributed by atoms with Crippen LogP contribution in [0.15, 0.2) is 0 Å². The average Bonchev–Trinajstić information content (AvgIpc) is 2.45. The lowest BCUT2D eigenvalue weighted by atomic mass is 10.0. The molecule has 1 amide bonds. The van der Waals surface area contributed by atoms with E-state index in [2.05, 4.69) is 15.5 Å². The summed E-state index contributed by atoms with van der Waals surface area (Å²) in [5, 5.41) is 6.06. The molecule has 1 aliphatic rings. The topological polar surface area (TPSA) is 70.7 Å². The van der Waals surface area contributed by atoms with E-state index in [1.165, 1.54) is 7.11 Å². The second-order valence-electron chi connectivity index (χ2n) is 6.14. The summed E-state index contributed by atoms with van der Waals surface area (Å²) in [5.41, 5.74) is 0. The first-order chi connectivity index (χ1) is 9.96. The molecule has 0 aromatic carbocycles. The summed E-state index contributed by atoms with van der Waals surface area (Å²) in [5.74, 6) is -0.162. The van der Waals surface area contributed by atoms with Gasteiger partial charge in [-0.3, -0.25) is 9.69 Å². The van der Waals surface area contributed by atoms with Gasteiger partial charge in [-0.1, -0.05) is 13.8 Å². The Morgan fingerprint density at radius 2 is 2.10 bits per heavy atom. The van der Waals surface area contributed by atoms with Crippen LogP contribution in [-0.2, 0) is 14.3 Å². The van der Waals surface area contributed by atoms with Crippen LogP contribution in [0.2, 0.25) is 0 Å². The van der Waals surface area contributed by atoms with E-state index in [1.54, 1.807) is 0 Å². The van der Waals surface area contributed by atoms with E-state index in [1.807, 2.05) is 20.9 Å². The summed E-state index contributed by atoms with van der Waals surface area (Å²) in [4.78, 5) is 26.0. The van der Waals surface area contributed by atoms with Gasteiger partial charge in [0.05, 0.1) is 13.7 Å². The van der Waals surface area contributed by atoms with Gasteiger partial charge in [0.15, 0.2) is 0 Å². The maximum atomic E-state index is 12.1. The Morgan fingerprint density at radius 3 is 2.67 bits per heavy atom. The minimum absolute atomic E-state index is 0.109. The molecule has 0 radical (unpaired) electrons. The molecule has 1 fully saturated rings. The summed E-state index contributed by atoms with van der Waals surface area (Å²) >= 11 is 0. The van der Waals surface area contributed by atoms with E-state index in [-0.39, 0.29) is 11.9 Å². The Bertz CT molecular complexity index is 347. The Labute approximate surface area is 127 Å². The number of amides is 1. The average molecular weight is 299 g/mol. The molecule has 0 bridgehead atoms. The monoisotopic (exact) mass is 299 g/mol. The van der Waals surface area contributed by atoms with E-state index < -0.39 is 6.04 Å². The van der Waals surface area contributed by atoms with E-state index in [9.17, 15) is 9.59 Å². The number of nitrogens with zero attached hydrogens (tertiary/aromatic N) is 1. The van der Waals surface area contributed by atoms with Gasteiger partial charge in [-0.05, 0) is 38.8 Å². The fourth-order valence-corrected chi connectivity index (χ4v) is 2.71. The lowest BCUT2D eigenvalue weighted by Gasteiger charge is -2.32.